The van der Waals surface area contributed by atoms with Gasteiger partial charge in [0.1, 0.15) is 11.5 Å². The fourth-order valence-corrected chi connectivity index (χ4v) is 5.39. The Morgan fingerprint density at radius 3 is 2.64 bits per heavy atom. The lowest BCUT2D eigenvalue weighted by Gasteiger charge is -2.12. The number of halogens is 1. The zero-order valence-corrected chi connectivity index (χ0v) is 26.6. The van der Waals surface area contributed by atoms with Crippen molar-refractivity contribution in [3.63, 3.8) is 0 Å². The molecular formula is C34H39FN8S. The van der Waals surface area contributed by atoms with Crippen molar-refractivity contribution in [3.8, 4) is 22.6 Å². The third-order valence-corrected chi connectivity index (χ3v) is 8.07. The lowest BCUT2D eigenvalue weighted by atomic mass is 10.0. The van der Waals surface area contributed by atoms with E-state index in [1.807, 2.05) is 36.9 Å². The molecular weight excluding hydrogens is 571 g/mol. The van der Waals surface area contributed by atoms with Crippen LogP contribution >= 0.6 is 9.39 Å². The average Bonchev–Trinajstić information content (AvgIpc) is 3.57. The summed E-state index contributed by atoms with van der Waals surface area (Å²) in [7, 11) is 2.74. The van der Waals surface area contributed by atoms with Crippen molar-refractivity contribution in [2.24, 2.45) is 0 Å². The van der Waals surface area contributed by atoms with E-state index in [2.05, 4.69) is 80.2 Å². The molecule has 0 fully saturated rings. The zero-order valence-electron chi connectivity index (χ0n) is 25.7. The van der Waals surface area contributed by atoms with Crippen LogP contribution in [0, 0.1) is 5.82 Å². The summed E-state index contributed by atoms with van der Waals surface area (Å²) in [6, 6.07) is 7.14. The molecule has 0 atom stereocenters. The van der Waals surface area contributed by atoms with Crippen molar-refractivity contribution in [1.29, 1.82) is 0 Å². The smallest absolute Gasteiger partial charge is 0.159 e. The highest BCUT2D eigenvalue weighted by Gasteiger charge is 2.15. The Morgan fingerprint density at radius 1 is 1.07 bits per heavy atom. The predicted molar refractivity (Wildman–Crippen MR) is 185 cm³/mol. The summed E-state index contributed by atoms with van der Waals surface area (Å²) in [5, 5.41) is 9.09. The number of fused-ring (bicyclic) bond motifs is 1. The highest BCUT2D eigenvalue weighted by atomic mass is 32.2. The number of nitrogens with zero attached hydrogens (tertiary/aromatic N) is 5. The number of nitrogens with one attached hydrogen (secondary N) is 3. The summed E-state index contributed by atoms with van der Waals surface area (Å²) >= 11 is 0. The molecule has 0 aliphatic rings. The van der Waals surface area contributed by atoms with Gasteiger partial charge in [0.15, 0.2) is 5.82 Å². The highest BCUT2D eigenvalue weighted by molar-refractivity contribution is 8.25. The first-order valence-corrected chi connectivity index (χ1v) is 16.7. The van der Waals surface area contributed by atoms with E-state index in [4.69, 9.17) is 4.98 Å². The van der Waals surface area contributed by atoms with Crippen LogP contribution in [0.3, 0.4) is 0 Å². The molecule has 4 aromatic heterocycles. The number of pyridine rings is 2. The minimum Gasteiger partial charge on any atom is -0.335 e. The summed E-state index contributed by atoms with van der Waals surface area (Å²) < 4.78 is 17.9. The molecule has 10 heteroatoms. The third kappa shape index (κ3) is 7.57. The van der Waals surface area contributed by atoms with Gasteiger partial charge >= 0.3 is 0 Å². The monoisotopic (exact) mass is 610 g/mol. The van der Waals surface area contributed by atoms with Crippen LogP contribution in [0.5, 0.6) is 0 Å². The van der Waals surface area contributed by atoms with Gasteiger partial charge in [0.05, 0.1) is 22.6 Å². The van der Waals surface area contributed by atoms with Crippen LogP contribution in [0.1, 0.15) is 30.0 Å². The number of imidazole rings is 1. The second kappa shape index (κ2) is 13.1. The molecule has 0 saturated heterocycles. The Kier molecular flexibility index (Phi) is 9.24. The Morgan fingerprint density at radius 2 is 1.86 bits per heavy atom. The highest BCUT2D eigenvalue weighted by Crippen LogP contribution is 2.29. The molecule has 0 saturated carbocycles. The lowest BCUT2D eigenvalue weighted by molar-refractivity contribution is 0.400. The minimum absolute atomic E-state index is 0.334. The third-order valence-electron chi connectivity index (χ3n) is 7.23. The Hall–Kier alpha value is -4.38. The van der Waals surface area contributed by atoms with E-state index in [0.29, 0.717) is 39.9 Å². The van der Waals surface area contributed by atoms with E-state index in [1.165, 1.54) is 17.7 Å². The fourth-order valence-electron chi connectivity index (χ4n) is 4.88. The molecule has 0 unspecified atom stereocenters. The van der Waals surface area contributed by atoms with Crippen LogP contribution in [-0.4, -0.2) is 73.7 Å². The Balaban J connectivity index is 1.42. The Bertz CT molecular complexity index is 2050. The lowest BCUT2D eigenvalue weighted by Crippen LogP contribution is -2.21. The van der Waals surface area contributed by atoms with E-state index in [9.17, 15) is 4.39 Å². The van der Waals surface area contributed by atoms with Crippen molar-refractivity contribution in [2.75, 3.05) is 26.9 Å². The molecule has 228 valence electrons. The molecule has 0 spiro atoms. The van der Waals surface area contributed by atoms with Crippen molar-refractivity contribution in [1.82, 2.24) is 39.8 Å². The van der Waals surface area contributed by atoms with Crippen molar-refractivity contribution in [3.05, 3.63) is 88.2 Å². The molecule has 1 aromatic carbocycles. The first kappa shape index (κ1) is 31.1. The van der Waals surface area contributed by atoms with Gasteiger partial charge in [-0.25, -0.2) is 9.37 Å². The standard InChI is InChI=1S/C34H39FN8S/c1-22(27-13-24(17-36-19-27)9-8-12-43(3)4)10-11-30-23(2)32(42-41-30)34-39-31-21-37-20-29(33(31)40-34)26-14-25(15-28(35)16-26)18-38-44(5,6)7/h10-11,13-17,19-21,38,41H,2,5-6,8-9,12,18H2,1,3-4,7H3,(H,39,40)/b22-10+,30-11+. The number of aryl methyl sites for hydroxylation is 1. The molecule has 8 nitrogen and oxygen atoms in total. The molecule has 3 N–H and O–H groups in total. The number of aromatic nitrogens is 6. The number of aromatic amines is 2. The van der Waals surface area contributed by atoms with Crippen molar-refractivity contribution in [2.45, 2.75) is 26.3 Å². The number of allylic oxidation sites excluding steroid dienone is 2. The van der Waals surface area contributed by atoms with Gasteiger partial charge in [0.25, 0.3) is 0 Å². The second-order valence-corrected chi connectivity index (χ2v) is 14.4. The summed E-state index contributed by atoms with van der Waals surface area (Å²) in [5.41, 5.74) is 7.58. The molecule has 5 aromatic rings. The maximum Gasteiger partial charge on any atom is 0.159 e. The van der Waals surface area contributed by atoms with E-state index < -0.39 is 9.39 Å². The van der Waals surface area contributed by atoms with Crippen molar-refractivity contribution >= 4 is 50.4 Å². The summed E-state index contributed by atoms with van der Waals surface area (Å²) in [6.07, 6.45) is 15.3. The minimum atomic E-state index is -1.44. The van der Waals surface area contributed by atoms with Gasteiger partial charge in [0, 0.05) is 35.9 Å². The van der Waals surface area contributed by atoms with Crippen LogP contribution < -0.4 is 15.3 Å². The molecule has 0 radical (unpaired) electrons. The zero-order chi connectivity index (χ0) is 31.4. The first-order valence-electron chi connectivity index (χ1n) is 14.3. The van der Waals surface area contributed by atoms with Gasteiger partial charge in [-0.15, -0.1) is 0 Å². The quantitative estimate of drug-likeness (QED) is 0.189. The van der Waals surface area contributed by atoms with Gasteiger partial charge in [-0.2, -0.15) is 14.5 Å². The van der Waals surface area contributed by atoms with Crippen LogP contribution in [0.25, 0.3) is 51.9 Å². The van der Waals surface area contributed by atoms with Gasteiger partial charge in [-0.05, 0) is 105 Å². The molecule has 0 bridgehead atoms. The van der Waals surface area contributed by atoms with Gasteiger partial charge < -0.3 is 9.88 Å². The van der Waals surface area contributed by atoms with Crippen molar-refractivity contribution < 1.29 is 4.39 Å². The molecule has 0 aliphatic heterocycles. The largest absolute Gasteiger partial charge is 0.335 e. The van der Waals surface area contributed by atoms with Gasteiger partial charge in [0.2, 0.25) is 0 Å². The van der Waals surface area contributed by atoms with Gasteiger partial charge in [-0.3, -0.25) is 19.8 Å². The molecule has 0 amide bonds. The fraction of sp³-hybridized carbons (Fsp3) is 0.235. The van der Waals surface area contributed by atoms with E-state index in [0.717, 1.165) is 47.0 Å². The van der Waals surface area contributed by atoms with E-state index in [-0.39, 0.29) is 5.82 Å². The van der Waals surface area contributed by atoms with E-state index in [1.54, 1.807) is 12.4 Å². The second-order valence-electron chi connectivity index (χ2n) is 11.6. The molecule has 5 rings (SSSR count). The summed E-state index contributed by atoms with van der Waals surface area (Å²) in [4.78, 5) is 19.2. The number of hydrogen-bond donors (Lipinski definition) is 3. The molecule has 4 heterocycles. The maximum atomic E-state index is 14.7. The average molecular weight is 611 g/mol. The van der Waals surface area contributed by atoms with Crippen LogP contribution in [0.2, 0.25) is 0 Å². The topological polar surface area (TPSA) is 98.4 Å². The number of hydrogen-bond acceptors (Lipinski definition) is 6. The van der Waals surface area contributed by atoms with Crippen LogP contribution in [0.15, 0.2) is 55.1 Å². The van der Waals surface area contributed by atoms with E-state index >= 15 is 0 Å². The first-order chi connectivity index (χ1) is 21.0. The number of benzene rings is 1. The van der Waals surface area contributed by atoms with Crippen LogP contribution in [0.4, 0.5) is 4.39 Å². The molecule has 0 aliphatic carbocycles. The summed E-state index contributed by atoms with van der Waals surface area (Å²) in [6.45, 7) is 7.84. The normalized spacial score (nSPS) is 13.0. The number of H-pyrrole nitrogens is 2. The Labute approximate surface area is 258 Å². The SMILES string of the molecule is C=c1c(-c2nc3c(-c4cc(F)cc(CNS(=C)(=C)C)c4)cncc3[nH]2)n[nH]/c1=C/C=C(\C)c1cncc(CCCN(C)C)c1. The maximum absolute atomic E-state index is 14.7. The molecule has 44 heavy (non-hydrogen) atoms. The predicted octanol–water partition coefficient (Wildman–Crippen LogP) is 4.64. The summed E-state index contributed by atoms with van der Waals surface area (Å²) in [5.74, 6) is 8.30. The van der Waals surface area contributed by atoms with Gasteiger partial charge in [-0.1, -0.05) is 24.4 Å². The number of rotatable bonds is 11. The van der Waals surface area contributed by atoms with Crippen LogP contribution in [-0.2, 0) is 13.0 Å².